The van der Waals surface area contributed by atoms with Gasteiger partial charge < -0.3 is 5.73 Å². The van der Waals surface area contributed by atoms with Crippen LogP contribution in [0.1, 0.15) is 22.9 Å². The second kappa shape index (κ2) is 6.49. The lowest BCUT2D eigenvalue weighted by atomic mass is 10.1. The number of hydrogen-bond donors (Lipinski definition) is 2. The van der Waals surface area contributed by atoms with Crippen LogP contribution in [-0.4, -0.2) is 8.42 Å². The number of hydrogen-bond acceptors (Lipinski definition) is 4. The maximum Gasteiger partial charge on any atom is 0.250 e. The van der Waals surface area contributed by atoms with E-state index in [9.17, 15) is 8.42 Å². The van der Waals surface area contributed by atoms with Gasteiger partial charge in [0.1, 0.15) is 4.21 Å². The Morgan fingerprint density at radius 1 is 1.10 bits per heavy atom. The maximum absolute atomic E-state index is 12.1. The molecule has 0 saturated carbocycles. The lowest BCUT2D eigenvalue weighted by molar-refractivity contribution is 0.583. The molecule has 2 rings (SSSR count). The van der Waals surface area contributed by atoms with Gasteiger partial charge in [-0.15, -0.1) is 11.3 Å². The van der Waals surface area contributed by atoms with Crippen LogP contribution in [0.15, 0.2) is 40.6 Å². The summed E-state index contributed by atoms with van der Waals surface area (Å²) in [4.78, 5) is 0.859. The predicted octanol–water partition coefficient (Wildman–Crippen LogP) is 2.25. The molecule has 0 bridgehead atoms. The maximum atomic E-state index is 12.1. The summed E-state index contributed by atoms with van der Waals surface area (Å²) in [5.74, 6) is 0. The molecule has 108 valence electrons. The van der Waals surface area contributed by atoms with E-state index in [4.69, 9.17) is 5.73 Å². The zero-order chi connectivity index (χ0) is 14.6. The molecule has 20 heavy (non-hydrogen) atoms. The largest absolute Gasteiger partial charge is 0.326 e. The zero-order valence-electron chi connectivity index (χ0n) is 11.3. The molecule has 0 saturated heterocycles. The topological polar surface area (TPSA) is 72.2 Å². The molecule has 1 heterocycles. The van der Waals surface area contributed by atoms with Crippen molar-refractivity contribution in [3.8, 4) is 0 Å². The standard InChI is InChI=1S/C14H18N2O2S2/c1-2-11-3-5-12(6-4-11)10-16-20(17,18)14-8-7-13(9-15)19-14/h3-8,16H,2,9-10,15H2,1H3. The third-order valence-electron chi connectivity index (χ3n) is 3.00. The van der Waals surface area contributed by atoms with E-state index in [1.54, 1.807) is 12.1 Å². The van der Waals surface area contributed by atoms with E-state index >= 15 is 0 Å². The van der Waals surface area contributed by atoms with Gasteiger partial charge in [-0.25, -0.2) is 13.1 Å². The number of nitrogens with one attached hydrogen (secondary N) is 1. The summed E-state index contributed by atoms with van der Waals surface area (Å²) < 4.78 is 27.1. The van der Waals surface area contributed by atoms with Crippen molar-refractivity contribution in [2.45, 2.75) is 30.6 Å². The summed E-state index contributed by atoms with van der Waals surface area (Å²) >= 11 is 1.21. The third kappa shape index (κ3) is 3.67. The molecule has 0 unspecified atom stereocenters. The minimum Gasteiger partial charge on any atom is -0.326 e. The van der Waals surface area contributed by atoms with Gasteiger partial charge in [0.05, 0.1) is 0 Å². The van der Waals surface area contributed by atoms with E-state index in [-0.39, 0.29) is 0 Å². The Kier molecular flexibility index (Phi) is 4.93. The van der Waals surface area contributed by atoms with Gasteiger partial charge in [0.25, 0.3) is 0 Å². The highest BCUT2D eigenvalue weighted by molar-refractivity contribution is 7.91. The second-order valence-corrected chi connectivity index (χ2v) is 7.58. The molecule has 0 atom stereocenters. The van der Waals surface area contributed by atoms with Crippen molar-refractivity contribution in [2.75, 3.05) is 0 Å². The number of nitrogens with two attached hydrogens (primary N) is 1. The highest BCUT2D eigenvalue weighted by Crippen LogP contribution is 2.21. The lowest BCUT2D eigenvalue weighted by Gasteiger charge is -2.05. The minimum absolute atomic E-state index is 0.294. The molecule has 3 N–H and O–H groups in total. The first kappa shape index (κ1) is 15.2. The summed E-state index contributed by atoms with van der Waals surface area (Å²) in [5, 5.41) is 0. The van der Waals surface area contributed by atoms with E-state index in [2.05, 4.69) is 11.6 Å². The monoisotopic (exact) mass is 310 g/mol. The molecule has 0 aliphatic heterocycles. The summed E-state index contributed by atoms with van der Waals surface area (Å²) in [6, 6.07) is 11.3. The first-order valence-corrected chi connectivity index (χ1v) is 8.71. The first-order chi connectivity index (χ1) is 9.55. The fourth-order valence-electron chi connectivity index (χ4n) is 1.75. The molecular weight excluding hydrogens is 292 g/mol. The second-order valence-electron chi connectivity index (χ2n) is 4.42. The van der Waals surface area contributed by atoms with E-state index < -0.39 is 10.0 Å². The molecule has 1 aromatic carbocycles. The van der Waals surface area contributed by atoms with E-state index in [1.165, 1.54) is 16.9 Å². The Labute approximate surface area is 123 Å². The van der Waals surface area contributed by atoms with Crippen LogP contribution >= 0.6 is 11.3 Å². The van der Waals surface area contributed by atoms with Crippen molar-refractivity contribution in [1.82, 2.24) is 4.72 Å². The molecule has 0 radical (unpaired) electrons. The van der Waals surface area contributed by atoms with Gasteiger partial charge in [-0.3, -0.25) is 0 Å². The molecule has 1 aromatic heterocycles. The van der Waals surface area contributed by atoms with Crippen molar-refractivity contribution in [3.05, 3.63) is 52.4 Å². The quantitative estimate of drug-likeness (QED) is 0.859. The molecule has 0 aliphatic carbocycles. The average Bonchev–Trinajstić information content (AvgIpc) is 2.95. The fourth-order valence-corrected chi connectivity index (χ4v) is 4.05. The van der Waals surface area contributed by atoms with Crippen LogP contribution in [0.2, 0.25) is 0 Å². The third-order valence-corrected chi connectivity index (χ3v) is 6.00. The van der Waals surface area contributed by atoms with Gasteiger partial charge >= 0.3 is 0 Å². The molecular formula is C14H18N2O2S2. The number of sulfonamides is 1. The van der Waals surface area contributed by atoms with Crippen LogP contribution in [-0.2, 0) is 29.5 Å². The van der Waals surface area contributed by atoms with Gasteiger partial charge in [0.15, 0.2) is 0 Å². The van der Waals surface area contributed by atoms with Crippen molar-refractivity contribution in [1.29, 1.82) is 0 Å². The van der Waals surface area contributed by atoms with Crippen molar-refractivity contribution in [3.63, 3.8) is 0 Å². The SMILES string of the molecule is CCc1ccc(CNS(=O)(=O)c2ccc(CN)s2)cc1. The van der Waals surface area contributed by atoms with Crippen molar-refractivity contribution in [2.24, 2.45) is 5.73 Å². The predicted molar refractivity (Wildman–Crippen MR) is 82.1 cm³/mol. The Balaban J connectivity index is 2.04. The zero-order valence-corrected chi connectivity index (χ0v) is 12.9. The minimum atomic E-state index is -3.45. The smallest absolute Gasteiger partial charge is 0.250 e. The Morgan fingerprint density at radius 3 is 2.30 bits per heavy atom. The van der Waals surface area contributed by atoms with Gasteiger partial charge in [0, 0.05) is 18.0 Å². The van der Waals surface area contributed by atoms with Crippen LogP contribution in [0, 0.1) is 0 Å². The molecule has 0 spiro atoms. The fraction of sp³-hybridized carbons (Fsp3) is 0.286. The van der Waals surface area contributed by atoms with E-state index in [1.807, 2.05) is 24.3 Å². The van der Waals surface area contributed by atoms with Gasteiger partial charge in [0.2, 0.25) is 10.0 Å². The van der Waals surface area contributed by atoms with E-state index in [0.29, 0.717) is 17.3 Å². The number of rotatable bonds is 6. The van der Waals surface area contributed by atoms with Crippen LogP contribution < -0.4 is 10.5 Å². The summed E-state index contributed by atoms with van der Waals surface area (Å²) in [7, 11) is -3.45. The van der Waals surface area contributed by atoms with Gasteiger partial charge in [-0.2, -0.15) is 0 Å². The Hall–Kier alpha value is -1.21. The molecule has 0 amide bonds. The number of aryl methyl sites for hydroxylation is 1. The van der Waals surface area contributed by atoms with Crippen LogP contribution in [0.4, 0.5) is 0 Å². The summed E-state index contributed by atoms with van der Waals surface area (Å²) in [5.41, 5.74) is 7.68. The van der Waals surface area contributed by atoms with Crippen LogP contribution in [0.3, 0.4) is 0 Å². The molecule has 0 aliphatic rings. The van der Waals surface area contributed by atoms with Gasteiger partial charge in [-0.1, -0.05) is 31.2 Å². The highest BCUT2D eigenvalue weighted by atomic mass is 32.2. The Morgan fingerprint density at radius 2 is 1.75 bits per heavy atom. The van der Waals surface area contributed by atoms with Crippen LogP contribution in [0.25, 0.3) is 0 Å². The molecule has 2 aromatic rings. The molecule has 4 nitrogen and oxygen atoms in total. The van der Waals surface area contributed by atoms with Crippen molar-refractivity contribution >= 4 is 21.4 Å². The highest BCUT2D eigenvalue weighted by Gasteiger charge is 2.16. The van der Waals surface area contributed by atoms with Gasteiger partial charge in [-0.05, 0) is 29.7 Å². The molecule has 6 heteroatoms. The average molecular weight is 310 g/mol. The van der Waals surface area contributed by atoms with Crippen LogP contribution in [0.5, 0.6) is 0 Å². The summed E-state index contributed by atoms with van der Waals surface area (Å²) in [6.07, 6.45) is 0.975. The number of benzene rings is 1. The molecule has 0 fully saturated rings. The Bertz CT molecular complexity index is 661. The summed E-state index contributed by atoms with van der Waals surface area (Å²) in [6.45, 7) is 2.74. The lowest BCUT2D eigenvalue weighted by Crippen LogP contribution is -2.22. The van der Waals surface area contributed by atoms with Crippen molar-refractivity contribution < 1.29 is 8.42 Å². The number of thiophene rings is 1. The first-order valence-electron chi connectivity index (χ1n) is 6.41. The normalized spacial score (nSPS) is 11.7. The van der Waals surface area contributed by atoms with E-state index in [0.717, 1.165) is 16.9 Å².